The molecular formula is C32H40N2O3S. The predicted molar refractivity (Wildman–Crippen MR) is 155 cm³/mol. The fraction of sp³-hybridized carbons (Fsp3) is 0.438. The van der Waals surface area contributed by atoms with Gasteiger partial charge in [0.25, 0.3) is 5.91 Å². The number of hydrogen-bond donors (Lipinski definition) is 0. The molecule has 0 fully saturated rings. The van der Waals surface area contributed by atoms with E-state index >= 15 is 0 Å². The normalized spacial score (nSPS) is 14.8. The number of benzene rings is 2. The molecule has 2 heterocycles. The molecule has 202 valence electrons. The van der Waals surface area contributed by atoms with Crippen molar-refractivity contribution in [3.8, 4) is 0 Å². The number of carbonyl (C=O) groups excluding carboxylic acids is 2. The third-order valence-corrected chi connectivity index (χ3v) is 8.23. The second-order valence-corrected chi connectivity index (χ2v) is 11.0. The highest BCUT2D eigenvalue weighted by Gasteiger charge is 2.34. The van der Waals surface area contributed by atoms with Crippen LogP contribution < -0.4 is 0 Å². The zero-order valence-corrected chi connectivity index (χ0v) is 23.8. The van der Waals surface area contributed by atoms with E-state index in [-0.39, 0.29) is 24.4 Å². The molecule has 0 aliphatic carbocycles. The van der Waals surface area contributed by atoms with E-state index in [0.29, 0.717) is 38.3 Å². The molecule has 0 saturated heterocycles. The van der Waals surface area contributed by atoms with Gasteiger partial charge >= 0.3 is 0 Å². The summed E-state index contributed by atoms with van der Waals surface area (Å²) in [7, 11) is 0. The SMILES string of the molecule is CCCCc1ccc(C(=O)N(CCCOCC)CC(=O)N2CCc3sccc3C2c2ccc(C)cc2)cc1. The summed E-state index contributed by atoms with van der Waals surface area (Å²) in [6.45, 7) is 8.62. The molecular weight excluding hydrogens is 492 g/mol. The van der Waals surface area contributed by atoms with Crippen LogP contribution in [0.15, 0.2) is 60.0 Å². The first-order chi connectivity index (χ1) is 18.5. The van der Waals surface area contributed by atoms with Gasteiger partial charge in [0, 0.05) is 36.7 Å². The zero-order valence-electron chi connectivity index (χ0n) is 22.9. The maximum atomic E-state index is 13.9. The highest BCUT2D eigenvalue weighted by atomic mass is 32.1. The van der Waals surface area contributed by atoms with Gasteiger partial charge in [0.15, 0.2) is 0 Å². The van der Waals surface area contributed by atoms with Gasteiger partial charge in [-0.15, -0.1) is 11.3 Å². The van der Waals surface area contributed by atoms with E-state index in [0.717, 1.165) is 31.2 Å². The van der Waals surface area contributed by atoms with E-state index in [9.17, 15) is 9.59 Å². The van der Waals surface area contributed by atoms with Crippen molar-refractivity contribution >= 4 is 23.2 Å². The van der Waals surface area contributed by atoms with Gasteiger partial charge in [-0.05, 0) is 79.8 Å². The van der Waals surface area contributed by atoms with Crippen LogP contribution in [0, 0.1) is 6.92 Å². The number of carbonyl (C=O) groups is 2. The van der Waals surface area contributed by atoms with Crippen LogP contribution in [0.2, 0.25) is 0 Å². The molecule has 1 atom stereocenters. The topological polar surface area (TPSA) is 49.9 Å². The third kappa shape index (κ3) is 6.91. The van der Waals surface area contributed by atoms with Crippen molar-refractivity contribution in [2.45, 2.75) is 58.9 Å². The fourth-order valence-corrected chi connectivity index (χ4v) is 5.98. The number of fused-ring (bicyclic) bond motifs is 1. The first kappa shape index (κ1) is 28.1. The summed E-state index contributed by atoms with van der Waals surface area (Å²) in [6, 6.07) is 18.4. The molecule has 0 N–H and O–H groups in total. The minimum Gasteiger partial charge on any atom is -0.382 e. The predicted octanol–water partition coefficient (Wildman–Crippen LogP) is 6.44. The van der Waals surface area contributed by atoms with E-state index in [4.69, 9.17) is 4.74 Å². The number of aryl methyl sites for hydroxylation is 2. The van der Waals surface area contributed by atoms with Crippen LogP contribution in [-0.4, -0.2) is 54.5 Å². The molecule has 0 spiro atoms. The molecule has 0 radical (unpaired) electrons. The monoisotopic (exact) mass is 532 g/mol. The number of nitrogens with zero attached hydrogens (tertiary/aromatic N) is 2. The fourth-order valence-electron chi connectivity index (χ4n) is 5.08. The average molecular weight is 533 g/mol. The minimum atomic E-state index is -0.128. The Morgan fingerprint density at radius 1 is 1.03 bits per heavy atom. The molecule has 4 rings (SSSR count). The number of ether oxygens (including phenoxy) is 1. The molecule has 5 nitrogen and oxygen atoms in total. The van der Waals surface area contributed by atoms with Crippen molar-refractivity contribution in [1.29, 1.82) is 0 Å². The van der Waals surface area contributed by atoms with Crippen LogP contribution in [-0.2, 0) is 22.4 Å². The molecule has 1 aliphatic rings. The Labute approximate surface area is 231 Å². The highest BCUT2D eigenvalue weighted by Crippen LogP contribution is 2.38. The van der Waals surface area contributed by atoms with Gasteiger partial charge in [0.1, 0.15) is 6.54 Å². The standard InChI is InChI=1S/C32H40N2O3S/c1-4-6-8-25-11-15-27(16-12-25)32(36)33(19-7-21-37-5-2)23-30(35)34-20-17-29-28(18-22-38-29)31(34)26-13-9-24(3)10-14-26/h9-16,18,22,31H,4-8,17,19-21,23H2,1-3H3. The Bertz CT molecular complexity index is 1190. The highest BCUT2D eigenvalue weighted by molar-refractivity contribution is 7.10. The summed E-state index contributed by atoms with van der Waals surface area (Å²) < 4.78 is 5.53. The van der Waals surface area contributed by atoms with Crippen molar-refractivity contribution in [3.05, 3.63) is 92.7 Å². The maximum Gasteiger partial charge on any atom is 0.254 e. The molecule has 2 amide bonds. The lowest BCUT2D eigenvalue weighted by atomic mass is 9.92. The number of hydrogen-bond acceptors (Lipinski definition) is 4. The molecule has 6 heteroatoms. The molecule has 0 bridgehead atoms. The Morgan fingerprint density at radius 3 is 2.50 bits per heavy atom. The smallest absolute Gasteiger partial charge is 0.254 e. The molecule has 0 saturated carbocycles. The van der Waals surface area contributed by atoms with Crippen molar-refractivity contribution in [2.75, 3.05) is 32.8 Å². The minimum absolute atomic E-state index is 0.0169. The van der Waals surface area contributed by atoms with Gasteiger partial charge in [0.05, 0.1) is 6.04 Å². The average Bonchev–Trinajstić information content (AvgIpc) is 3.42. The van der Waals surface area contributed by atoms with Crippen LogP contribution in [0.5, 0.6) is 0 Å². The number of unbranched alkanes of at least 4 members (excludes halogenated alkanes) is 1. The van der Waals surface area contributed by atoms with Crippen LogP contribution in [0.25, 0.3) is 0 Å². The van der Waals surface area contributed by atoms with E-state index in [1.807, 2.05) is 36.1 Å². The summed E-state index contributed by atoms with van der Waals surface area (Å²) in [5.74, 6) is -0.117. The number of amides is 2. The second kappa shape index (κ2) is 13.7. The number of thiophene rings is 1. The Balaban J connectivity index is 1.55. The van der Waals surface area contributed by atoms with Crippen molar-refractivity contribution in [1.82, 2.24) is 9.80 Å². The lowest BCUT2D eigenvalue weighted by Gasteiger charge is -2.37. The van der Waals surface area contributed by atoms with Gasteiger partial charge in [0.2, 0.25) is 5.91 Å². The van der Waals surface area contributed by atoms with Gasteiger partial charge in [-0.2, -0.15) is 0 Å². The van der Waals surface area contributed by atoms with Gasteiger partial charge in [-0.3, -0.25) is 9.59 Å². The quantitative estimate of drug-likeness (QED) is 0.252. The largest absolute Gasteiger partial charge is 0.382 e. The summed E-state index contributed by atoms with van der Waals surface area (Å²) in [4.78, 5) is 32.5. The van der Waals surface area contributed by atoms with Gasteiger partial charge in [-0.1, -0.05) is 55.3 Å². The molecule has 3 aromatic rings. The molecule has 38 heavy (non-hydrogen) atoms. The third-order valence-electron chi connectivity index (χ3n) is 7.23. The zero-order chi connectivity index (χ0) is 26.9. The molecule has 2 aromatic carbocycles. The van der Waals surface area contributed by atoms with Gasteiger partial charge < -0.3 is 14.5 Å². The van der Waals surface area contributed by atoms with E-state index in [2.05, 4.69) is 49.6 Å². The van der Waals surface area contributed by atoms with Crippen molar-refractivity contribution in [3.63, 3.8) is 0 Å². The lowest BCUT2D eigenvalue weighted by Crippen LogP contribution is -2.47. The number of rotatable bonds is 12. The first-order valence-electron chi connectivity index (χ1n) is 13.9. The summed E-state index contributed by atoms with van der Waals surface area (Å²) in [5.41, 5.74) is 5.38. The summed E-state index contributed by atoms with van der Waals surface area (Å²) in [6.07, 6.45) is 4.83. The van der Waals surface area contributed by atoms with Crippen molar-refractivity contribution < 1.29 is 14.3 Å². The van der Waals surface area contributed by atoms with Crippen molar-refractivity contribution in [2.24, 2.45) is 0 Å². The van der Waals surface area contributed by atoms with Crippen LogP contribution in [0.3, 0.4) is 0 Å². The first-order valence-corrected chi connectivity index (χ1v) is 14.8. The van der Waals surface area contributed by atoms with E-state index in [1.54, 1.807) is 16.2 Å². The van der Waals surface area contributed by atoms with Crippen LogP contribution in [0.4, 0.5) is 0 Å². The molecule has 1 unspecified atom stereocenters. The van der Waals surface area contributed by atoms with Gasteiger partial charge in [-0.25, -0.2) is 0 Å². The molecule has 1 aliphatic heterocycles. The Morgan fingerprint density at radius 2 is 1.79 bits per heavy atom. The summed E-state index contributed by atoms with van der Waals surface area (Å²) >= 11 is 1.76. The van der Waals surface area contributed by atoms with Crippen LogP contribution >= 0.6 is 11.3 Å². The Hall–Kier alpha value is -2.96. The molecule has 1 aromatic heterocycles. The lowest BCUT2D eigenvalue weighted by molar-refractivity contribution is -0.134. The Kier molecular flexibility index (Phi) is 10.1. The van der Waals surface area contributed by atoms with E-state index < -0.39 is 0 Å². The van der Waals surface area contributed by atoms with Crippen LogP contribution in [0.1, 0.15) is 76.6 Å². The second-order valence-electron chi connectivity index (χ2n) is 10.0. The summed E-state index contributed by atoms with van der Waals surface area (Å²) in [5, 5.41) is 2.12. The maximum absolute atomic E-state index is 13.9. The van der Waals surface area contributed by atoms with E-state index in [1.165, 1.54) is 21.6 Å².